The summed E-state index contributed by atoms with van der Waals surface area (Å²) in [6, 6.07) is 24.9. The van der Waals surface area contributed by atoms with Gasteiger partial charge in [-0.1, -0.05) is 54.6 Å². The lowest BCUT2D eigenvalue weighted by molar-refractivity contribution is -0.958. The predicted octanol–water partition coefficient (Wildman–Crippen LogP) is 3.47. The van der Waals surface area contributed by atoms with Crippen LogP contribution in [0.2, 0.25) is 0 Å². The van der Waals surface area contributed by atoms with Gasteiger partial charge in [-0.05, 0) is 29.8 Å². The van der Waals surface area contributed by atoms with E-state index in [1.807, 2.05) is 78.9 Å². The molecule has 6 rings (SSSR count). The molecule has 3 N–H and O–H groups in total. The number of carbonyl (C=O) groups is 2. The molecule has 2 aromatic carbocycles. The number of aromatic nitrogens is 1. The number of nitrogen functional groups attached to an aromatic ring is 1. The zero-order valence-corrected chi connectivity index (χ0v) is 21.7. The van der Waals surface area contributed by atoms with Crippen molar-refractivity contribution in [2.45, 2.75) is 37.7 Å². The van der Waals surface area contributed by atoms with E-state index in [-0.39, 0.29) is 12.1 Å². The summed E-state index contributed by atoms with van der Waals surface area (Å²) in [5, 5.41) is 12.2. The number of para-hydroxylation sites is 1. The second-order valence-corrected chi connectivity index (χ2v) is 10.1. The lowest BCUT2D eigenvalue weighted by Gasteiger charge is -2.52. The van der Waals surface area contributed by atoms with Crippen molar-refractivity contribution in [1.82, 2.24) is 4.98 Å². The number of piperidine rings is 3. The number of rotatable bonds is 7. The first-order chi connectivity index (χ1) is 19.0. The smallest absolute Gasteiger partial charge is 0.430 e. The average molecular weight is 557 g/mol. The Kier molecular flexibility index (Phi) is 8.93. The zero-order chi connectivity index (χ0) is 28.8. The van der Waals surface area contributed by atoms with Crippen LogP contribution in [0.4, 0.5) is 24.7 Å². The molecule has 2 atom stereocenters. The van der Waals surface area contributed by atoms with Crippen LogP contribution in [-0.2, 0) is 20.9 Å². The number of hydrogen-bond acceptors (Lipinski definition) is 7. The molecule has 0 radical (unpaired) electrons. The number of halogens is 3. The van der Waals surface area contributed by atoms with Crippen LogP contribution in [0.15, 0.2) is 78.9 Å². The molecule has 8 nitrogen and oxygen atoms in total. The number of hydrogen-bond donors (Lipinski definition) is 2. The van der Waals surface area contributed by atoms with Gasteiger partial charge in [0.05, 0.1) is 18.8 Å². The van der Waals surface area contributed by atoms with E-state index in [1.165, 1.54) is 0 Å². The highest BCUT2D eigenvalue weighted by atomic mass is 19.4. The maximum absolute atomic E-state index is 13.5. The van der Waals surface area contributed by atoms with Crippen LogP contribution >= 0.6 is 0 Å². The molecule has 3 aliphatic rings. The standard InChI is InChI=1S/C27H31N4O2.C2HF3O2/c28-25-13-7-12-23(29-25)18-31-16-14-20(15-17-31)24(19-31)33-27(32)26(21-8-3-1-4-9-21)30-22-10-5-2-6-11-22;3-2(4,5)1(6)7/h1-13,20,24,26,30H,14-19H2,(H2,28,29);(H,6,7)/q+1;/p-1/t20?,24-,26?,31?;/m0./s1. The Labute approximate surface area is 230 Å². The second-order valence-electron chi connectivity index (χ2n) is 10.1. The van der Waals surface area contributed by atoms with Gasteiger partial charge in [0.25, 0.3) is 0 Å². The van der Waals surface area contributed by atoms with Gasteiger partial charge in [-0.2, -0.15) is 13.2 Å². The largest absolute Gasteiger partial charge is 0.542 e. The number of carboxylic acids is 1. The highest BCUT2D eigenvalue weighted by Crippen LogP contribution is 2.37. The molecule has 3 saturated heterocycles. The van der Waals surface area contributed by atoms with E-state index in [0.717, 1.165) is 60.4 Å². The number of nitrogens with two attached hydrogens (primary N) is 1. The lowest BCUT2D eigenvalue weighted by atomic mass is 9.83. The van der Waals surface area contributed by atoms with Crippen LogP contribution in [0.5, 0.6) is 0 Å². The molecule has 3 fully saturated rings. The molecule has 2 bridgehead atoms. The Balaban J connectivity index is 0.000000470. The maximum Gasteiger partial charge on any atom is 0.430 e. The third kappa shape index (κ3) is 7.50. The third-order valence-electron chi connectivity index (χ3n) is 7.32. The summed E-state index contributed by atoms with van der Waals surface area (Å²) >= 11 is 0. The minimum Gasteiger partial charge on any atom is -0.542 e. The van der Waals surface area contributed by atoms with Crippen molar-refractivity contribution in [3.05, 3.63) is 90.1 Å². The van der Waals surface area contributed by atoms with Gasteiger partial charge in [-0.25, -0.2) is 9.78 Å². The van der Waals surface area contributed by atoms with Crippen molar-refractivity contribution in [3.8, 4) is 0 Å². The van der Waals surface area contributed by atoms with E-state index in [2.05, 4.69) is 10.3 Å². The molecule has 11 heteroatoms. The second kappa shape index (κ2) is 12.4. The van der Waals surface area contributed by atoms with Gasteiger partial charge in [0, 0.05) is 24.4 Å². The molecule has 40 heavy (non-hydrogen) atoms. The first-order valence-electron chi connectivity index (χ1n) is 13.0. The molecule has 0 aliphatic carbocycles. The van der Waals surface area contributed by atoms with E-state index < -0.39 is 18.2 Å². The number of pyridine rings is 1. The summed E-state index contributed by atoms with van der Waals surface area (Å²) in [6.45, 7) is 3.86. The zero-order valence-electron chi connectivity index (χ0n) is 21.7. The highest BCUT2D eigenvalue weighted by molar-refractivity contribution is 5.81. The van der Waals surface area contributed by atoms with Crippen molar-refractivity contribution >= 4 is 23.4 Å². The number of nitrogens with zero attached hydrogens (tertiary/aromatic N) is 2. The fraction of sp³-hybridized carbons (Fsp3) is 0.345. The summed E-state index contributed by atoms with van der Waals surface area (Å²) in [6.07, 6.45) is -3.13. The van der Waals surface area contributed by atoms with E-state index in [0.29, 0.717) is 11.7 Å². The number of benzene rings is 2. The van der Waals surface area contributed by atoms with Crippen LogP contribution in [-0.4, -0.2) is 53.3 Å². The number of nitrogens with one attached hydrogen (secondary N) is 1. The van der Waals surface area contributed by atoms with Crippen LogP contribution in [0, 0.1) is 5.92 Å². The first-order valence-corrected chi connectivity index (χ1v) is 13.0. The van der Waals surface area contributed by atoms with Gasteiger partial charge in [0.15, 0.2) is 12.1 Å². The monoisotopic (exact) mass is 556 g/mol. The van der Waals surface area contributed by atoms with Crippen LogP contribution in [0.3, 0.4) is 0 Å². The Morgan fingerprint density at radius 2 is 1.60 bits per heavy atom. The molecule has 212 valence electrons. The van der Waals surface area contributed by atoms with Gasteiger partial charge in [0.1, 0.15) is 24.9 Å². The average Bonchev–Trinajstić information content (AvgIpc) is 2.93. The number of alkyl halides is 3. The molecule has 0 amide bonds. The number of fused-ring (bicyclic) bond motifs is 3. The molecular formula is C29H31F3N4O4. The minimum absolute atomic E-state index is 0.0788. The maximum atomic E-state index is 13.5. The summed E-state index contributed by atoms with van der Waals surface area (Å²) in [5.74, 6) is -2.24. The highest BCUT2D eigenvalue weighted by Gasteiger charge is 2.48. The number of aliphatic carboxylic acids is 1. The van der Waals surface area contributed by atoms with Crippen LogP contribution in [0.25, 0.3) is 0 Å². The minimum atomic E-state index is -5.19. The summed E-state index contributed by atoms with van der Waals surface area (Å²) in [5.41, 5.74) is 8.72. The third-order valence-corrected chi connectivity index (χ3v) is 7.32. The summed E-state index contributed by atoms with van der Waals surface area (Å²) in [4.78, 5) is 26.8. The molecule has 3 aromatic rings. The number of ether oxygens (including phenoxy) is 1. The van der Waals surface area contributed by atoms with Crippen LogP contribution < -0.4 is 16.2 Å². The van der Waals surface area contributed by atoms with Gasteiger partial charge in [-0.3, -0.25) is 0 Å². The van der Waals surface area contributed by atoms with Gasteiger partial charge in [-0.15, -0.1) is 0 Å². The number of quaternary nitrogens is 1. The normalized spacial score (nSPS) is 22.4. The fourth-order valence-electron chi connectivity index (χ4n) is 5.35. The van der Waals surface area contributed by atoms with E-state index in [9.17, 15) is 18.0 Å². The number of carboxylic acid groups (broad SMARTS) is 1. The van der Waals surface area contributed by atoms with Crippen molar-refractivity contribution in [2.75, 3.05) is 30.7 Å². The van der Waals surface area contributed by atoms with Gasteiger partial charge < -0.3 is 30.2 Å². The van der Waals surface area contributed by atoms with Crippen molar-refractivity contribution in [2.24, 2.45) is 5.92 Å². The van der Waals surface area contributed by atoms with E-state index >= 15 is 0 Å². The van der Waals surface area contributed by atoms with E-state index in [4.69, 9.17) is 20.4 Å². The van der Waals surface area contributed by atoms with Crippen molar-refractivity contribution < 1.29 is 37.1 Å². The molecule has 1 unspecified atom stereocenters. The Morgan fingerprint density at radius 3 is 2.17 bits per heavy atom. The Bertz CT molecular complexity index is 1280. The van der Waals surface area contributed by atoms with Crippen molar-refractivity contribution in [3.63, 3.8) is 0 Å². The predicted molar refractivity (Wildman–Crippen MR) is 140 cm³/mol. The Hall–Kier alpha value is -4.12. The molecule has 1 aromatic heterocycles. The molecule has 4 heterocycles. The van der Waals surface area contributed by atoms with Gasteiger partial charge >= 0.3 is 12.1 Å². The van der Waals surface area contributed by atoms with Gasteiger partial charge in [0.2, 0.25) is 0 Å². The first kappa shape index (κ1) is 28.9. The number of anilines is 2. The topological polar surface area (TPSA) is 117 Å². The van der Waals surface area contributed by atoms with Crippen LogP contribution in [0.1, 0.15) is 30.1 Å². The Morgan fingerprint density at radius 1 is 1.00 bits per heavy atom. The quantitative estimate of drug-likeness (QED) is 0.338. The molecular weight excluding hydrogens is 525 g/mol. The number of esters is 1. The summed E-state index contributed by atoms with van der Waals surface area (Å²) < 4.78 is 38.7. The SMILES string of the molecule is Nc1cccc(C[N+]23CCC(CC2)[C@@H](OC(=O)C(Nc2ccccc2)c2ccccc2)C3)n1.O=C([O-])C(F)(F)F. The summed E-state index contributed by atoms with van der Waals surface area (Å²) in [7, 11) is 0. The lowest BCUT2D eigenvalue weighted by Crippen LogP contribution is -2.64. The fourth-order valence-corrected chi connectivity index (χ4v) is 5.35. The number of carbonyl (C=O) groups excluding carboxylic acids is 2. The molecule has 0 saturated carbocycles. The molecule has 3 aliphatic heterocycles. The van der Waals surface area contributed by atoms with Crippen molar-refractivity contribution in [1.29, 1.82) is 0 Å². The van der Waals surface area contributed by atoms with E-state index in [1.54, 1.807) is 0 Å². The molecule has 0 spiro atoms.